The summed E-state index contributed by atoms with van der Waals surface area (Å²) in [5, 5.41) is 6.06. The molecule has 0 atom stereocenters. The van der Waals surface area contributed by atoms with E-state index in [1.54, 1.807) is 0 Å². The summed E-state index contributed by atoms with van der Waals surface area (Å²) in [5.74, 6) is 0.0728. The lowest BCUT2D eigenvalue weighted by Gasteiger charge is -2.34. The van der Waals surface area contributed by atoms with Crippen LogP contribution in [0.15, 0.2) is 24.3 Å². The summed E-state index contributed by atoms with van der Waals surface area (Å²) in [4.78, 5) is 28.4. The minimum atomic E-state index is 0.0185. The fraction of sp³-hybridized carbons (Fsp3) is 0.619. The molecule has 3 rings (SSSR count). The van der Waals surface area contributed by atoms with Gasteiger partial charge in [-0.05, 0) is 37.3 Å². The topological polar surface area (TPSA) is 64.7 Å². The van der Waals surface area contributed by atoms with E-state index in [9.17, 15) is 9.59 Å². The number of carbonyl (C=O) groups is 2. The molecule has 1 aromatic rings. The van der Waals surface area contributed by atoms with Crippen molar-refractivity contribution in [2.75, 3.05) is 45.8 Å². The van der Waals surface area contributed by atoms with E-state index in [2.05, 4.69) is 46.7 Å². The van der Waals surface area contributed by atoms with Crippen LogP contribution in [0.5, 0.6) is 0 Å². The quantitative estimate of drug-likeness (QED) is 0.768. The minimum absolute atomic E-state index is 0.0185. The van der Waals surface area contributed by atoms with E-state index in [1.165, 1.54) is 11.1 Å². The lowest BCUT2D eigenvalue weighted by Crippen LogP contribution is -2.54. The van der Waals surface area contributed by atoms with Gasteiger partial charge in [-0.3, -0.25) is 9.69 Å². The van der Waals surface area contributed by atoms with E-state index >= 15 is 0 Å². The zero-order valence-corrected chi connectivity index (χ0v) is 16.6. The van der Waals surface area contributed by atoms with Crippen LogP contribution in [0.25, 0.3) is 0 Å². The van der Waals surface area contributed by atoms with Gasteiger partial charge in [0.25, 0.3) is 0 Å². The van der Waals surface area contributed by atoms with Crippen molar-refractivity contribution in [3.8, 4) is 0 Å². The second-order valence-electron chi connectivity index (χ2n) is 7.87. The van der Waals surface area contributed by atoms with Crippen molar-refractivity contribution in [1.82, 2.24) is 20.4 Å². The van der Waals surface area contributed by atoms with E-state index in [4.69, 9.17) is 0 Å². The molecular weight excluding hydrogens is 340 g/mol. The Hall–Kier alpha value is -2.08. The first-order valence-electron chi connectivity index (χ1n) is 10.1. The maximum Gasteiger partial charge on any atom is 0.317 e. The zero-order chi connectivity index (χ0) is 19.3. The summed E-state index contributed by atoms with van der Waals surface area (Å²) in [6.45, 7) is 8.88. The molecule has 1 heterocycles. The molecule has 1 aliphatic carbocycles. The Balaban J connectivity index is 1.43. The third-order valence-electron chi connectivity index (χ3n) is 5.75. The van der Waals surface area contributed by atoms with Crippen LogP contribution in [0.4, 0.5) is 4.79 Å². The number of piperazine rings is 1. The van der Waals surface area contributed by atoms with Gasteiger partial charge in [0.05, 0.1) is 6.54 Å². The normalized spacial score (nSPS) is 18.8. The second-order valence-corrected chi connectivity index (χ2v) is 7.87. The van der Waals surface area contributed by atoms with Gasteiger partial charge in [-0.15, -0.1) is 0 Å². The fourth-order valence-corrected chi connectivity index (χ4v) is 3.85. The third kappa shape index (κ3) is 5.01. The highest BCUT2D eigenvalue weighted by Crippen LogP contribution is 2.48. The Morgan fingerprint density at radius 3 is 2.41 bits per heavy atom. The summed E-state index contributed by atoms with van der Waals surface area (Å²) in [6, 6.07) is 8.50. The monoisotopic (exact) mass is 372 g/mol. The van der Waals surface area contributed by atoms with Crippen LogP contribution in [0.1, 0.15) is 37.3 Å². The number of aryl methyl sites for hydroxylation is 1. The average molecular weight is 373 g/mol. The highest BCUT2D eigenvalue weighted by molar-refractivity contribution is 5.78. The summed E-state index contributed by atoms with van der Waals surface area (Å²) in [5.41, 5.74) is 2.80. The molecule has 1 saturated heterocycles. The number of hydrogen-bond acceptors (Lipinski definition) is 3. The molecule has 0 spiro atoms. The molecule has 1 saturated carbocycles. The lowest BCUT2D eigenvalue weighted by molar-refractivity contribution is -0.122. The van der Waals surface area contributed by atoms with Gasteiger partial charge in [-0.25, -0.2) is 4.79 Å². The maximum absolute atomic E-state index is 12.6. The number of nitrogens with one attached hydrogen (secondary N) is 2. The SMILES string of the molecule is CCCNC(=O)CN1CCN(C(=O)NCC2(c3ccccc3C)CC2)CC1. The highest BCUT2D eigenvalue weighted by atomic mass is 16.2. The molecule has 0 radical (unpaired) electrons. The van der Waals surface area contributed by atoms with Gasteiger partial charge in [0.1, 0.15) is 0 Å². The predicted molar refractivity (Wildman–Crippen MR) is 107 cm³/mol. The van der Waals surface area contributed by atoms with Crippen molar-refractivity contribution in [3.05, 3.63) is 35.4 Å². The van der Waals surface area contributed by atoms with Crippen molar-refractivity contribution in [1.29, 1.82) is 0 Å². The first-order valence-corrected chi connectivity index (χ1v) is 10.1. The van der Waals surface area contributed by atoms with Gasteiger partial charge in [0.2, 0.25) is 5.91 Å². The summed E-state index contributed by atoms with van der Waals surface area (Å²) in [7, 11) is 0. The molecule has 1 aliphatic heterocycles. The highest BCUT2D eigenvalue weighted by Gasteiger charge is 2.45. The zero-order valence-electron chi connectivity index (χ0n) is 16.6. The van der Waals surface area contributed by atoms with Crippen molar-refractivity contribution in [3.63, 3.8) is 0 Å². The van der Waals surface area contributed by atoms with Gasteiger partial charge >= 0.3 is 6.03 Å². The Labute approximate surface area is 162 Å². The molecule has 3 amide bonds. The summed E-state index contributed by atoms with van der Waals surface area (Å²) in [6.07, 6.45) is 3.22. The number of urea groups is 1. The lowest BCUT2D eigenvalue weighted by atomic mass is 9.92. The third-order valence-corrected chi connectivity index (χ3v) is 5.75. The largest absolute Gasteiger partial charge is 0.355 e. The molecule has 0 bridgehead atoms. The number of carbonyl (C=O) groups excluding carboxylic acids is 2. The predicted octanol–water partition coefficient (Wildman–Crippen LogP) is 1.88. The van der Waals surface area contributed by atoms with Crippen LogP contribution in [-0.2, 0) is 10.2 Å². The number of amides is 3. The van der Waals surface area contributed by atoms with Crippen molar-refractivity contribution in [2.24, 2.45) is 0 Å². The van der Waals surface area contributed by atoms with E-state index in [1.807, 2.05) is 11.8 Å². The van der Waals surface area contributed by atoms with Crippen molar-refractivity contribution >= 4 is 11.9 Å². The van der Waals surface area contributed by atoms with Crippen LogP contribution in [-0.4, -0.2) is 67.6 Å². The van der Waals surface area contributed by atoms with Gasteiger partial charge < -0.3 is 15.5 Å². The number of rotatable bonds is 7. The van der Waals surface area contributed by atoms with Crippen LogP contribution >= 0.6 is 0 Å². The summed E-state index contributed by atoms with van der Waals surface area (Å²) < 4.78 is 0. The average Bonchev–Trinajstić information content (AvgIpc) is 3.46. The number of benzene rings is 1. The van der Waals surface area contributed by atoms with E-state index in [0.717, 1.165) is 38.9 Å². The van der Waals surface area contributed by atoms with Crippen LogP contribution < -0.4 is 10.6 Å². The molecule has 0 unspecified atom stereocenters. The van der Waals surface area contributed by atoms with Gasteiger partial charge in [0, 0.05) is 44.7 Å². The molecule has 0 aromatic heterocycles. The molecular formula is C21H32N4O2. The van der Waals surface area contributed by atoms with Crippen molar-refractivity contribution in [2.45, 2.75) is 38.5 Å². The van der Waals surface area contributed by atoms with Gasteiger partial charge in [-0.2, -0.15) is 0 Å². The van der Waals surface area contributed by atoms with E-state index < -0.39 is 0 Å². The minimum Gasteiger partial charge on any atom is -0.355 e. The first kappa shape index (κ1) is 19.7. The molecule has 6 heteroatoms. The number of nitrogens with zero attached hydrogens (tertiary/aromatic N) is 2. The Morgan fingerprint density at radius 2 is 1.78 bits per heavy atom. The molecule has 2 fully saturated rings. The molecule has 2 N–H and O–H groups in total. The van der Waals surface area contributed by atoms with Crippen LogP contribution in [0.2, 0.25) is 0 Å². The van der Waals surface area contributed by atoms with Gasteiger partial charge in [0.15, 0.2) is 0 Å². The Kier molecular flexibility index (Phi) is 6.37. The van der Waals surface area contributed by atoms with Crippen LogP contribution in [0, 0.1) is 6.92 Å². The Bertz CT molecular complexity index is 664. The maximum atomic E-state index is 12.6. The standard InChI is InChI=1S/C21H32N4O2/c1-3-10-22-19(26)15-24-11-13-25(14-12-24)20(27)23-16-21(8-9-21)18-7-5-4-6-17(18)2/h4-7H,3,8-16H2,1-2H3,(H,22,26)(H,23,27). The fourth-order valence-electron chi connectivity index (χ4n) is 3.85. The van der Waals surface area contributed by atoms with Crippen molar-refractivity contribution < 1.29 is 9.59 Å². The smallest absolute Gasteiger partial charge is 0.317 e. The van der Waals surface area contributed by atoms with E-state index in [-0.39, 0.29) is 17.4 Å². The van der Waals surface area contributed by atoms with E-state index in [0.29, 0.717) is 26.2 Å². The van der Waals surface area contributed by atoms with Gasteiger partial charge in [-0.1, -0.05) is 31.2 Å². The molecule has 2 aliphatic rings. The molecule has 6 nitrogen and oxygen atoms in total. The molecule has 1 aromatic carbocycles. The summed E-state index contributed by atoms with van der Waals surface area (Å²) >= 11 is 0. The van der Waals surface area contributed by atoms with Crippen LogP contribution in [0.3, 0.4) is 0 Å². The second kappa shape index (κ2) is 8.74. The first-order chi connectivity index (χ1) is 13.0. The molecule has 148 valence electrons. The number of hydrogen-bond donors (Lipinski definition) is 2. The molecule has 27 heavy (non-hydrogen) atoms. The Morgan fingerprint density at radius 1 is 1.07 bits per heavy atom.